The first kappa shape index (κ1) is 21.3. The summed E-state index contributed by atoms with van der Waals surface area (Å²) in [5.41, 5.74) is -0.00884. The van der Waals surface area contributed by atoms with Gasteiger partial charge in [0.2, 0.25) is 6.79 Å². The van der Waals surface area contributed by atoms with Crippen molar-refractivity contribution in [2.75, 3.05) is 34.2 Å². The van der Waals surface area contributed by atoms with Gasteiger partial charge in [-0.25, -0.2) is 0 Å². The maximum Gasteiger partial charge on any atom is 0.342 e. The van der Waals surface area contributed by atoms with E-state index in [-0.39, 0.29) is 25.8 Å². The van der Waals surface area contributed by atoms with Crippen LogP contribution in [-0.4, -0.2) is 39.3 Å². The third-order valence-corrected chi connectivity index (χ3v) is 6.92. The Morgan fingerprint density at radius 2 is 1.62 bits per heavy atom. The number of benzene rings is 2. The number of aromatic hydroxyl groups is 1. The first-order valence-corrected chi connectivity index (χ1v) is 10.8. The standard InChI is InChI=1S/C20H25O8P/c1-5-27-29(22,28-6-2)20(13-7-8-16-19(9-13)26-12-25-16)14-10-17(23-3)18(24-4)11-15(14)21/h7-11,20-21H,5-6,12H2,1-4H3/t20-/m1/s1. The number of phenolic OH excluding ortho intramolecular Hbond substituents is 1. The molecule has 0 aromatic heterocycles. The smallest absolute Gasteiger partial charge is 0.342 e. The van der Waals surface area contributed by atoms with E-state index in [1.54, 1.807) is 38.1 Å². The van der Waals surface area contributed by atoms with Gasteiger partial charge in [0, 0.05) is 11.6 Å². The van der Waals surface area contributed by atoms with E-state index in [1.807, 2.05) is 0 Å². The predicted octanol–water partition coefficient (Wildman–Crippen LogP) is 4.49. The van der Waals surface area contributed by atoms with Gasteiger partial charge >= 0.3 is 7.60 Å². The summed E-state index contributed by atoms with van der Waals surface area (Å²) in [5, 5.41) is 10.7. The Bertz CT molecular complexity index is 904. The van der Waals surface area contributed by atoms with Gasteiger partial charge < -0.3 is 33.1 Å². The molecule has 29 heavy (non-hydrogen) atoms. The third kappa shape index (κ3) is 4.15. The molecule has 9 heteroatoms. The summed E-state index contributed by atoms with van der Waals surface area (Å²) >= 11 is 0. The molecule has 0 saturated carbocycles. The summed E-state index contributed by atoms with van der Waals surface area (Å²) in [6.45, 7) is 3.92. The van der Waals surface area contributed by atoms with Gasteiger partial charge in [-0.3, -0.25) is 4.57 Å². The molecule has 0 amide bonds. The SMILES string of the molecule is CCOP(=O)(OCC)[C@H](c1ccc2c(c1)OCO2)c1cc(OC)c(OC)cc1O. The monoisotopic (exact) mass is 424 g/mol. The van der Waals surface area contributed by atoms with Crippen LogP contribution in [0.25, 0.3) is 0 Å². The molecular formula is C20H25O8P. The van der Waals surface area contributed by atoms with Crippen molar-refractivity contribution in [3.8, 4) is 28.7 Å². The summed E-state index contributed by atoms with van der Waals surface area (Å²) in [6, 6.07) is 8.18. The summed E-state index contributed by atoms with van der Waals surface area (Å²) in [4.78, 5) is 0. The third-order valence-electron chi connectivity index (χ3n) is 4.47. The number of methoxy groups -OCH3 is 2. The molecule has 0 saturated heterocycles. The number of phenols is 1. The van der Waals surface area contributed by atoms with Crippen molar-refractivity contribution in [1.29, 1.82) is 0 Å². The highest BCUT2D eigenvalue weighted by molar-refractivity contribution is 7.54. The molecule has 8 nitrogen and oxygen atoms in total. The fourth-order valence-electron chi connectivity index (χ4n) is 3.26. The Labute approximate surface area is 169 Å². The highest BCUT2D eigenvalue weighted by Crippen LogP contribution is 2.65. The maximum absolute atomic E-state index is 13.8. The minimum absolute atomic E-state index is 0.111. The quantitative estimate of drug-likeness (QED) is 0.589. The average molecular weight is 424 g/mol. The van der Waals surface area contributed by atoms with E-state index in [1.165, 1.54) is 20.3 Å². The van der Waals surface area contributed by atoms with E-state index >= 15 is 0 Å². The second-order valence-electron chi connectivity index (χ2n) is 6.16. The topological polar surface area (TPSA) is 92.7 Å². The Kier molecular flexibility index (Phi) is 6.57. The number of hydrogen-bond acceptors (Lipinski definition) is 8. The van der Waals surface area contributed by atoms with E-state index in [2.05, 4.69) is 0 Å². The van der Waals surface area contributed by atoms with E-state index in [0.29, 0.717) is 34.1 Å². The zero-order chi connectivity index (χ0) is 21.0. The molecule has 0 unspecified atom stereocenters. The Morgan fingerprint density at radius 1 is 1.00 bits per heavy atom. The van der Waals surface area contributed by atoms with Crippen molar-refractivity contribution >= 4 is 7.60 Å². The molecule has 1 N–H and O–H groups in total. The van der Waals surface area contributed by atoms with E-state index in [9.17, 15) is 9.67 Å². The van der Waals surface area contributed by atoms with Crippen molar-refractivity contribution in [1.82, 2.24) is 0 Å². The molecule has 0 spiro atoms. The molecule has 1 atom stereocenters. The van der Waals surface area contributed by atoms with Crippen molar-refractivity contribution < 1.29 is 37.7 Å². The minimum Gasteiger partial charge on any atom is -0.507 e. The van der Waals surface area contributed by atoms with Crippen molar-refractivity contribution in [3.63, 3.8) is 0 Å². The molecule has 2 aromatic rings. The highest BCUT2D eigenvalue weighted by atomic mass is 31.2. The van der Waals surface area contributed by atoms with Crippen LogP contribution in [0.1, 0.15) is 30.6 Å². The zero-order valence-corrected chi connectivity index (χ0v) is 17.7. The van der Waals surface area contributed by atoms with Crippen LogP contribution in [-0.2, 0) is 13.6 Å². The van der Waals surface area contributed by atoms with Crippen LogP contribution in [0.15, 0.2) is 30.3 Å². The summed E-state index contributed by atoms with van der Waals surface area (Å²) < 4.78 is 46.5. The molecular weight excluding hydrogens is 399 g/mol. The van der Waals surface area contributed by atoms with E-state index in [0.717, 1.165) is 0 Å². The second-order valence-corrected chi connectivity index (χ2v) is 8.27. The number of ether oxygens (including phenoxy) is 4. The molecule has 1 aliphatic heterocycles. The molecule has 158 valence electrons. The molecule has 0 bridgehead atoms. The lowest BCUT2D eigenvalue weighted by Gasteiger charge is -2.28. The Hall–Kier alpha value is -2.41. The van der Waals surface area contributed by atoms with Gasteiger partial charge in [0.05, 0.1) is 27.4 Å². The molecule has 0 radical (unpaired) electrons. The number of fused-ring (bicyclic) bond motifs is 1. The molecule has 0 aliphatic carbocycles. The summed E-state index contributed by atoms with van der Waals surface area (Å²) in [5.74, 6) is 1.72. The molecule has 2 aromatic carbocycles. The van der Waals surface area contributed by atoms with Crippen molar-refractivity contribution in [2.24, 2.45) is 0 Å². The Morgan fingerprint density at radius 3 is 2.24 bits per heavy atom. The van der Waals surface area contributed by atoms with Crippen molar-refractivity contribution in [3.05, 3.63) is 41.5 Å². The maximum atomic E-state index is 13.8. The largest absolute Gasteiger partial charge is 0.507 e. The lowest BCUT2D eigenvalue weighted by molar-refractivity contribution is 0.174. The van der Waals surface area contributed by atoms with Gasteiger partial charge in [0.25, 0.3) is 0 Å². The van der Waals surface area contributed by atoms with Gasteiger partial charge in [-0.15, -0.1) is 0 Å². The van der Waals surface area contributed by atoms with Gasteiger partial charge in [0.15, 0.2) is 23.0 Å². The van der Waals surface area contributed by atoms with Gasteiger partial charge in [-0.2, -0.15) is 0 Å². The average Bonchev–Trinajstić information content (AvgIpc) is 3.17. The molecule has 0 fully saturated rings. The van der Waals surface area contributed by atoms with Crippen LogP contribution < -0.4 is 18.9 Å². The summed E-state index contributed by atoms with van der Waals surface area (Å²) in [6.07, 6.45) is 0. The van der Waals surface area contributed by atoms with E-state index < -0.39 is 13.3 Å². The summed E-state index contributed by atoms with van der Waals surface area (Å²) in [7, 11) is -0.777. The van der Waals surface area contributed by atoms with Crippen LogP contribution in [0.2, 0.25) is 0 Å². The van der Waals surface area contributed by atoms with Crippen LogP contribution in [0.5, 0.6) is 28.7 Å². The lowest BCUT2D eigenvalue weighted by Crippen LogP contribution is -2.09. The molecule has 3 rings (SSSR count). The van der Waals surface area contributed by atoms with Gasteiger partial charge in [0.1, 0.15) is 11.4 Å². The fourth-order valence-corrected chi connectivity index (χ4v) is 5.43. The zero-order valence-electron chi connectivity index (χ0n) is 16.8. The highest BCUT2D eigenvalue weighted by Gasteiger charge is 2.41. The second kappa shape index (κ2) is 8.95. The van der Waals surface area contributed by atoms with Crippen LogP contribution in [0.4, 0.5) is 0 Å². The van der Waals surface area contributed by atoms with E-state index in [4.69, 9.17) is 28.0 Å². The Balaban J connectivity index is 2.22. The van der Waals surface area contributed by atoms with Crippen LogP contribution in [0, 0.1) is 0 Å². The predicted molar refractivity (Wildman–Crippen MR) is 106 cm³/mol. The van der Waals surface area contributed by atoms with Crippen LogP contribution in [0.3, 0.4) is 0 Å². The fraction of sp³-hybridized carbons (Fsp3) is 0.400. The van der Waals surface area contributed by atoms with Crippen LogP contribution >= 0.6 is 7.60 Å². The van der Waals surface area contributed by atoms with Gasteiger partial charge in [-0.1, -0.05) is 6.07 Å². The molecule has 1 heterocycles. The van der Waals surface area contributed by atoms with Crippen molar-refractivity contribution in [2.45, 2.75) is 19.5 Å². The number of rotatable bonds is 9. The minimum atomic E-state index is -3.73. The first-order valence-electron chi connectivity index (χ1n) is 9.20. The normalized spacial score (nSPS) is 13.9. The van der Waals surface area contributed by atoms with Gasteiger partial charge in [-0.05, 0) is 37.6 Å². The number of hydrogen-bond donors (Lipinski definition) is 1. The molecule has 1 aliphatic rings. The first-order chi connectivity index (χ1) is 14.0. The lowest BCUT2D eigenvalue weighted by atomic mass is 10.0.